The number of nitrogens with one attached hydrogen (secondary N) is 2. The summed E-state index contributed by atoms with van der Waals surface area (Å²) in [6.45, 7) is 0.175. The van der Waals surface area contributed by atoms with Crippen molar-refractivity contribution >= 4 is 35.8 Å². The first-order valence-corrected chi connectivity index (χ1v) is 9.83. The van der Waals surface area contributed by atoms with Gasteiger partial charge in [0.15, 0.2) is 0 Å². The molecule has 0 spiro atoms. The van der Waals surface area contributed by atoms with E-state index in [9.17, 15) is 9.59 Å². The topological polar surface area (TPSA) is 93.5 Å². The maximum atomic E-state index is 12.6. The minimum Gasteiger partial charge on any atom is -0.444 e. The zero-order chi connectivity index (χ0) is 20.9. The third-order valence-electron chi connectivity index (χ3n) is 5.02. The molecule has 0 aliphatic heterocycles. The van der Waals surface area contributed by atoms with E-state index in [0.717, 1.165) is 12.0 Å². The average molecular weight is 438 g/mol. The molecule has 4 N–H and O–H groups in total. The van der Waals surface area contributed by atoms with Crippen LogP contribution in [-0.4, -0.2) is 18.0 Å². The van der Waals surface area contributed by atoms with Gasteiger partial charge in [-0.1, -0.05) is 48.5 Å². The van der Waals surface area contributed by atoms with E-state index in [1.807, 2.05) is 54.6 Å². The van der Waals surface area contributed by atoms with E-state index in [2.05, 4.69) is 10.6 Å². The lowest BCUT2D eigenvalue weighted by Crippen LogP contribution is -2.15. The van der Waals surface area contributed by atoms with Crippen LogP contribution in [-0.2, 0) is 11.3 Å². The zero-order valence-electron chi connectivity index (χ0n) is 16.8. The van der Waals surface area contributed by atoms with Crippen LogP contribution in [0.15, 0.2) is 78.9 Å². The highest BCUT2D eigenvalue weighted by Gasteiger charge is 2.34. The highest BCUT2D eigenvalue weighted by Crippen LogP contribution is 2.39. The molecule has 0 aromatic heterocycles. The van der Waals surface area contributed by atoms with Crippen LogP contribution in [0.25, 0.3) is 0 Å². The monoisotopic (exact) mass is 437 g/mol. The van der Waals surface area contributed by atoms with Crippen molar-refractivity contribution < 1.29 is 14.3 Å². The molecule has 0 radical (unpaired) electrons. The van der Waals surface area contributed by atoms with Crippen molar-refractivity contribution in [2.45, 2.75) is 25.0 Å². The van der Waals surface area contributed by atoms with Gasteiger partial charge in [-0.15, -0.1) is 12.4 Å². The number of nitrogens with two attached hydrogens (primary N) is 1. The maximum Gasteiger partial charge on any atom is 0.411 e. The number of halogens is 1. The number of anilines is 2. The number of rotatable bonds is 6. The SMILES string of the molecule is Cl.N[C@@H]1C[C@H]1c1ccc(NC(=O)c2cccc(NC(=O)OCc3ccccc3)c2)cc1. The second kappa shape index (κ2) is 10.1. The molecular weight excluding hydrogens is 414 g/mol. The fourth-order valence-corrected chi connectivity index (χ4v) is 3.23. The summed E-state index contributed by atoms with van der Waals surface area (Å²) in [4.78, 5) is 24.6. The van der Waals surface area contributed by atoms with Gasteiger partial charge in [0.1, 0.15) is 6.61 Å². The lowest BCUT2D eigenvalue weighted by Gasteiger charge is -2.10. The third-order valence-corrected chi connectivity index (χ3v) is 5.02. The number of hydrogen-bond donors (Lipinski definition) is 3. The number of carbonyl (C=O) groups excluding carboxylic acids is 2. The molecule has 0 bridgehead atoms. The summed E-state index contributed by atoms with van der Waals surface area (Å²) in [7, 11) is 0. The van der Waals surface area contributed by atoms with Gasteiger partial charge in [-0.05, 0) is 47.9 Å². The molecule has 3 aromatic rings. The first-order valence-electron chi connectivity index (χ1n) is 9.83. The summed E-state index contributed by atoms with van der Waals surface area (Å²) in [5.74, 6) is 0.173. The molecular formula is C24H24ClN3O3. The Kier molecular flexibility index (Phi) is 7.28. The Labute approximate surface area is 187 Å². The highest BCUT2D eigenvalue weighted by atomic mass is 35.5. The van der Waals surface area contributed by atoms with Gasteiger partial charge in [0.25, 0.3) is 5.91 Å². The molecule has 6 nitrogen and oxygen atoms in total. The van der Waals surface area contributed by atoms with Crippen LogP contribution >= 0.6 is 12.4 Å². The predicted octanol–water partition coefficient (Wildman–Crippen LogP) is 4.92. The molecule has 160 valence electrons. The summed E-state index contributed by atoms with van der Waals surface area (Å²) < 4.78 is 5.21. The van der Waals surface area contributed by atoms with Gasteiger partial charge in [0, 0.05) is 28.9 Å². The number of hydrogen-bond acceptors (Lipinski definition) is 4. The molecule has 1 aliphatic rings. The number of carbonyl (C=O) groups is 2. The Balaban J connectivity index is 0.00000272. The van der Waals surface area contributed by atoms with E-state index in [1.165, 1.54) is 5.56 Å². The van der Waals surface area contributed by atoms with Gasteiger partial charge >= 0.3 is 6.09 Å². The molecule has 4 rings (SSSR count). The fraction of sp³-hybridized carbons (Fsp3) is 0.167. The Bertz CT molecular complexity index is 1040. The van der Waals surface area contributed by atoms with Crippen LogP contribution in [0.1, 0.15) is 33.8 Å². The Hall–Kier alpha value is -3.35. The smallest absolute Gasteiger partial charge is 0.411 e. The second-order valence-corrected chi connectivity index (χ2v) is 7.35. The van der Waals surface area contributed by atoms with E-state index in [0.29, 0.717) is 22.9 Å². The summed E-state index contributed by atoms with van der Waals surface area (Å²) >= 11 is 0. The zero-order valence-corrected chi connectivity index (χ0v) is 17.6. The van der Waals surface area contributed by atoms with E-state index >= 15 is 0 Å². The minimum absolute atomic E-state index is 0. The summed E-state index contributed by atoms with van der Waals surface area (Å²) in [5.41, 5.74) is 9.60. The Morgan fingerprint density at radius 2 is 1.61 bits per heavy atom. The first kappa shape index (κ1) is 22.3. The Morgan fingerprint density at radius 1 is 0.903 bits per heavy atom. The largest absolute Gasteiger partial charge is 0.444 e. The van der Waals surface area contributed by atoms with Crippen LogP contribution in [0.2, 0.25) is 0 Å². The summed E-state index contributed by atoms with van der Waals surface area (Å²) in [5, 5.41) is 5.52. The molecule has 31 heavy (non-hydrogen) atoms. The van der Waals surface area contributed by atoms with Crippen LogP contribution in [0.5, 0.6) is 0 Å². The molecule has 0 unspecified atom stereocenters. The van der Waals surface area contributed by atoms with Gasteiger partial charge in [-0.25, -0.2) is 4.79 Å². The quantitative estimate of drug-likeness (QED) is 0.510. The lowest BCUT2D eigenvalue weighted by atomic mass is 10.1. The van der Waals surface area contributed by atoms with Gasteiger partial charge in [-0.3, -0.25) is 10.1 Å². The van der Waals surface area contributed by atoms with Crippen molar-refractivity contribution in [2.24, 2.45) is 5.73 Å². The molecule has 2 atom stereocenters. The van der Waals surface area contributed by atoms with Crippen LogP contribution in [0, 0.1) is 0 Å². The van der Waals surface area contributed by atoms with E-state index in [4.69, 9.17) is 10.5 Å². The lowest BCUT2D eigenvalue weighted by molar-refractivity contribution is 0.102. The highest BCUT2D eigenvalue weighted by molar-refractivity contribution is 6.05. The Morgan fingerprint density at radius 3 is 2.29 bits per heavy atom. The van der Waals surface area contributed by atoms with Crippen molar-refractivity contribution in [1.82, 2.24) is 0 Å². The molecule has 1 saturated carbocycles. The van der Waals surface area contributed by atoms with Gasteiger partial charge < -0.3 is 15.8 Å². The van der Waals surface area contributed by atoms with E-state index in [1.54, 1.807) is 24.3 Å². The van der Waals surface area contributed by atoms with Gasteiger partial charge in [0.05, 0.1) is 0 Å². The van der Waals surface area contributed by atoms with Gasteiger partial charge in [-0.2, -0.15) is 0 Å². The van der Waals surface area contributed by atoms with Crippen molar-refractivity contribution in [2.75, 3.05) is 10.6 Å². The van der Waals surface area contributed by atoms with Crippen LogP contribution < -0.4 is 16.4 Å². The molecule has 2 amide bonds. The molecule has 0 heterocycles. The van der Waals surface area contributed by atoms with Gasteiger partial charge in [0.2, 0.25) is 0 Å². The summed E-state index contributed by atoms with van der Waals surface area (Å²) in [6, 6.07) is 24.1. The van der Waals surface area contributed by atoms with Crippen molar-refractivity contribution in [3.05, 3.63) is 95.6 Å². The molecule has 0 saturated heterocycles. The van der Waals surface area contributed by atoms with Crippen molar-refractivity contribution in [1.29, 1.82) is 0 Å². The maximum absolute atomic E-state index is 12.6. The third kappa shape index (κ3) is 6.07. The van der Waals surface area contributed by atoms with Crippen molar-refractivity contribution in [3.63, 3.8) is 0 Å². The van der Waals surface area contributed by atoms with E-state index < -0.39 is 6.09 Å². The summed E-state index contributed by atoms with van der Waals surface area (Å²) in [6.07, 6.45) is 0.435. The van der Waals surface area contributed by atoms with Crippen LogP contribution in [0.4, 0.5) is 16.2 Å². The predicted molar refractivity (Wildman–Crippen MR) is 124 cm³/mol. The second-order valence-electron chi connectivity index (χ2n) is 7.35. The molecule has 1 aliphatic carbocycles. The van der Waals surface area contributed by atoms with E-state index in [-0.39, 0.29) is 31.0 Å². The minimum atomic E-state index is -0.578. The number of amides is 2. The normalized spacial score (nSPS) is 16.5. The number of benzene rings is 3. The average Bonchev–Trinajstić information content (AvgIpc) is 3.50. The fourth-order valence-electron chi connectivity index (χ4n) is 3.23. The van der Waals surface area contributed by atoms with Crippen LogP contribution in [0.3, 0.4) is 0 Å². The first-order chi connectivity index (χ1) is 14.6. The number of ether oxygens (including phenoxy) is 1. The standard InChI is InChI=1S/C24H23N3O3.ClH/c25-22-14-21(22)17-9-11-19(12-10-17)26-23(28)18-7-4-8-20(13-18)27-24(29)30-15-16-5-2-1-3-6-16;/h1-13,21-22H,14-15,25H2,(H,26,28)(H,27,29);1H/t21-,22+;/m0./s1. The molecule has 3 aromatic carbocycles. The molecule has 7 heteroatoms. The molecule has 1 fully saturated rings. The van der Waals surface area contributed by atoms with Crippen molar-refractivity contribution in [3.8, 4) is 0 Å².